The van der Waals surface area contributed by atoms with Crippen LogP contribution in [0.1, 0.15) is 34.8 Å². The van der Waals surface area contributed by atoms with Gasteiger partial charge in [0.15, 0.2) is 5.78 Å². The predicted molar refractivity (Wildman–Crippen MR) is 91.8 cm³/mol. The van der Waals surface area contributed by atoms with Gasteiger partial charge in [-0.3, -0.25) is 4.79 Å². The molecule has 0 aliphatic carbocycles. The number of carbonyl (C=O) groups is 1. The van der Waals surface area contributed by atoms with Gasteiger partial charge in [0.25, 0.3) is 0 Å². The summed E-state index contributed by atoms with van der Waals surface area (Å²) in [7, 11) is 0. The average Bonchev–Trinajstić information content (AvgIpc) is 3.00. The molecule has 3 rings (SSSR count). The number of aromatic hydroxyl groups is 2. The van der Waals surface area contributed by atoms with Crippen molar-refractivity contribution in [3.63, 3.8) is 0 Å². The van der Waals surface area contributed by atoms with Crippen molar-refractivity contribution in [2.75, 3.05) is 0 Å². The van der Waals surface area contributed by atoms with E-state index in [-0.39, 0.29) is 23.4 Å². The van der Waals surface area contributed by atoms with Crippen LogP contribution in [0.5, 0.6) is 17.2 Å². The number of hydrogen-bond acceptors (Lipinski definition) is 4. The molecule has 24 heavy (non-hydrogen) atoms. The smallest absolute Gasteiger partial charge is 0.166 e. The Bertz CT molecular complexity index is 790. The zero-order valence-corrected chi connectivity index (χ0v) is 13.6. The van der Waals surface area contributed by atoms with E-state index in [1.54, 1.807) is 36.4 Å². The van der Waals surface area contributed by atoms with E-state index in [1.807, 2.05) is 6.92 Å². The minimum atomic E-state index is -0.145. The van der Waals surface area contributed by atoms with Gasteiger partial charge in [-0.2, -0.15) is 0 Å². The fourth-order valence-electron chi connectivity index (χ4n) is 2.86. The minimum Gasteiger partial charge on any atom is -0.508 e. The van der Waals surface area contributed by atoms with E-state index in [0.717, 1.165) is 11.1 Å². The summed E-state index contributed by atoms with van der Waals surface area (Å²) in [6.45, 7) is 5.77. The molecule has 0 saturated carbocycles. The first-order chi connectivity index (χ1) is 11.5. The molecule has 2 aromatic rings. The molecular weight excluding hydrogens is 304 g/mol. The van der Waals surface area contributed by atoms with Gasteiger partial charge in [-0.25, -0.2) is 0 Å². The van der Waals surface area contributed by atoms with E-state index in [2.05, 4.69) is 6.58 Å². The molecule has 124 valence electrons. The monoisotopic (exact) mass is 324 g/mol. The first kappa shape index (κ1) is 16.1. The molecular formula is C20H20O4. The van der Waals surface area contributed by atoms with Crippen LogP contribution in [0.3, 0.4) is 0 Å². The zero-order chi connectivity index (χ0) is 17.3. The molecule has 0 amide bonds. The van der Waals surface area contributed by atoms with Gasteiger partial charge < -0.3 is 14.9 Å². The van der Waals surface area contributed by atoms with E-state index in [0.29, 0.717) is 36.1 Å². The van der Waals surface area contributed by atoms with E-state index in [9.17, 15) is 15.0 Å². The van der Waals surface area contributed by atoms with E-state index in [1.165, 1.54) is 0 Å². The summed E-state index contributed by atoms with van der Waals surface area (Å²) in [6.07, 6.45) is 1.24. The van der Waals surface area contributed by atoms with Gasteiger partial charge in [-0.05, 0) is 48.7 Å². The molecule has 2 aromatic carbocycles. The Morgan fingerprint density at radius 3 is 2.58 bits per heavy atom. The summed E-state index contributed by atoms with van der Waals surface area (Å²) in [5, 5.41) is 19.7. The lowest BCUT2D eigenvalue weighted by Gasteiger charge is -2.09. The average molecular weight is 324 g/mol. The maximum atomic E-state index is 12.5. The van der Waals surface area contributed by atoms with E-state index >= 15 is 0 Å². The fraction of sp³-hybridized carbons (Fsp3) is 0.250. The summed E-state index contributed by atoms with van der Waals surface area (Å²) < 4.78 is 5.73. The van der Waals surface area contributed by atoms with E-state index in [4.69, 9.17) is 4.74 Å². The van der Waals surface area contributed by atoms with Gasteiger partial charge in [-0.1, -0.05) is 18.7 Å². The normalized spacial score (nSPS) is 15.6. The van der Waals surface area contributed by atoms with Crippen molar-refractivity contribution in [1.82, 2.24) is 0 Å². The molecule has 1 heterocycles. The number of phenolic OH excluding ortho intramolecular Hbond substituents is 2. The van der Waals surface area contributed by atoms with Crippen LogP contribution in [-0.2, 0) is 12.8 Å². The van der Waals surface area contributed by atoms with Crippen molar-refractivity contribution >= 4 is 5.78 Å². The highest BCUT2D eigenvalue weighted by atomic mass is 16.5. The van der Waals surface area contributed by atoms with Crippen LogP contribution >= 0.6 is 0 Å². The highest BCUT2D eigenvalue weighted by Crippen LogP contribution is 2.39. The molecule has 2 N–H and O–H groups in total. The Hall–Kier alpha value is -2.75. The van der Waals surface area contributed by atoms with Crippen LogP contribution in [0.25, 0.3) is 0 Å². The number of phenols is 2. The van der Waals surface area contributed by atoms with Gasteiger partial charge in [0.1, 0.15) is 23.4 Å². The summed E-state index contributed by atoms with van der Waals surface area (Å²) >= 11 is 0. The Balaban J connectivity index is 1.73. The first-order valence-corrected chi connectivity index (χ1v) is 7.93. The Labute approximate surface area is 141 Å². The molecule has 0 unspecified atom stereocenters. The quantitative estimate of drug-likeness (QED) is 0.648. The molecule has 0 bridgehead atoms. The molecule has 4 nitrogen and oxygen atoms in total. The predicted octanol–water partition coefficient (Wildman–Crippen LogP) is 3.79. The topological polar surface area (TPSA) is 66.8 Å². The summed E-state index contributed by atoms with van der Waals surface area (Å²) in [5.41, 5.74) is 2.87. The molecule has 1 aliphatic heterocycles. The highest BCUT2D eigenvalue weighted by Gasteiger charge is 2.28. The molecule has 1 atom stereocenters. The van der Waals surface area contributed by atoms with Crippen molar-refractivity contribution < 1.29 is 19.7 Å². The minimum absolute atomic E-state index is 0.0203. The van der Waals surface area contributed by atoms with Crippen molar-refractivity contribution in [3.8, 4) is 17.2 Å². The number of aryl methyl sites for hydroxylation is 1. The highest BCUT2D eigenvalue weighted by molar-refractivity contribution is 5.99. The lowest BCUT2D eigenvalue weighted by atomic mass is 9.97. The molecule has 1 aliphatic rings. The number of ether oxygens (including phenoxy) is 1. The van der Waals surface area contributed by atoms with Crippen LogP contribution in [0.15, 0.2) is 48.6 Å². The second-order valence-corrected chi connectivity index (χ2v) is 6.19. The maximum absolute atomic E-state index is 12.5. The molecule has 4 heteroatoms. The first-order valence-electron chi connectivity index (χ1n) is 7.93. The van der Waals surface area contributed by atoms with Gasteiger partial charge >= 0.3 is 0 Å². The number of carbonyl (C=O) groups excluding carboxylic acids is 1. The van der Waals surface area contributed by atoms with Crippen LogP contribution in [0, 0.1) is 0 Å². The molecule has 0 saturated heterocycles. The maximum Gasteiger partial charge on any atom is 0.166 e. The van der Waals surface area contributed by atoms with Gasteiger partial charge in [-0.15, -0.1) is 0 Å². The van der Waals surface area contributed by atoms with Crippen molar-refractivity contribution in [2.45, 2.75) is 32.3 Å². The summed E-state index contributed by atoms with van der Waals surface area (Å²) in [6, 6.07) is 10.1. The zero-order valence-electron chi connectivity index (χ0n) is 13.6. The lowest BCUT2D eigenvalue weighted by molar-refractivity contribution is 0.0980. The number of hydrogen-bond donors (Lipinski definition) is 2. The third-order valence-corrected chi connectivity index (χ3v) is 4.33. The number of rotatable bonds is 5. The van der Waals surface area contributed by atoms with E-state index < -0.39 is 0 Å². The molecule has 0 radical (unpaired) electrons. The number of ketones is 1. The second-order valence-electron chi connectivity index (χ2n) is 6.19. The van der Waals surface area contributed by atoms with Gasteiger partial charge in [0, 0.05) is 18.4 Å². The second kappa shape index (κ2) is 6.40. The van der Waals surface area contributed by atoms with Crippen LogP contribution in [0.2, 0.25) is 0 Å². The van der Waals surface area contributed by atoms with Crippen LogP contribution in [-0.4, -0.2) is 22.1 Å². The van der Waals surface area contributed by atoms with Gasteiger partial charge in [0.2, 0.25) is 0 Å². The molecule has 0 spiro atoms. The Morgan fingerprint density at radius 2 is 1.92 bits per heavy atom. The van der Waals surface area contributed by atoms with Crippen LogP contribution < -0.4 is 4.74 Å². The van der Waals surface area contributed by atoms with Crippen molar-refractivity contribution in [3.05, 3.63) is 65.2 Å². The third-order valence-electron chi connectivity index (χ3n) is 4.33. The standard InChI is InChI=1S/C20H20O4/c1-12(2)19-11-16-18(24-19)10-8-15(20(16)23)17(22)9-5-13-3-6-14(21)7-4-13/h3-4,6-8,10,19,21,23H,1,5,9,11H2,2H3/t19-/m1/s1. The summed E-state index contributed by atoms with van der Waals surface area (Å²) in [5.74, 6) is 0.734. The van der Waals surface area contributed by atoms with Crippen LogP contribution in [0.4, 0.5) is 0 Å². The van der Waals surface area contributed by atoms with Crippen molar-refractivity contribution in [1.29, 1.82) is 0 Å². The largest absolute Gasteiger partial charge is 0.508 e. The Kier molecular flexibility index (Phi) is 4.30. The molecule has 0 fully saturated rings. The third kappa shape index (κ3) is 3.13. The van der Waals surface area contributed by atoms with Gasteiger partial charge in [0.05, 0.1) is 5.56 Å². The SMILES string of the molecule is C=C(C)[C@H]1Cc2c(ccc(C(=O)CCc3ccc(O)cc3)c2O)O1. The number of fused-ring (bicyclic) bond motifs is 1. The number of benzene rings is 2. The number of Topliss-reactive ketones (excluding diaryl/α,β-unsaturated/α-hetero) is 1. The molecule has 0 aromatic heterocycles. The fourth-order valence-corrected chi connectivity index (χ4v) is 2.86. The Morgan fingerprint density at radius 1 is 1.21 bits per heavy atom. The summed E-state index contributed by atoms with van der Waals surface area (Å²) in [4.78, 5) is 12.5. The van der Waals surface area contributed by atoms with Crippen molar-refractivity contribution in [2.24, 2.45) is 0 Å². The lowest BCUT2D eigenvalue weighted by Crippen LogP contribution is -2.13.